The van der Waals surface area contributed by atoms with Crippen molar-refractivity contribution in [3.63, 3.8) is 0 Å². The van der Waals surface area contributed by atoms with Gasteiger partial charge in [-0.25, -0.2) is 4.79 Å². The molecule has 7 nitrogen and oxygen atoms in total. The molecule has 1 aromatic carbocycles. The molecular formula is C12H12ClNO6. The summed E-state index contributed by atoms with van der Waals surface area (Å²) in [5, 5.41) is 19.9. The lowest BCUT2D eigenvalue weighted by Crippen LogP contribution is -2.23. The van der Waals surface area contributed by atoms with Crippen molar-refractivity contribution in [1.82, 2.24) is 0 Å². The quantitative estimate of drug-likeness (QED) is 0.661. The molecule has 1 heterocycles. The van der Waals surface area contributed by atoms with Crippen molar-refractivity contribution in [2.45, 2.75) is 25.0 Å². The Labute approximate surface area is 119 Å². The number of carbonyl (C=O) groups is 1. The summed E-state index contributed by atoms with van der Waals surface area (Å²) >= 11 is 5.69. The van der Waals surface area contributed by atoms with E-state index in [9.17, 15) is 14.9 Å². The van der Waals surface area contributed by atoms with Crippen LogP contribution in [-0.2, 0) is 9.53 Å². The van der Waals surface area contributed by atoms with Crippen molar-refractivity contribution in [3.8, 4) is 5.75 Å². The number of aliphatic carboxylic acids is 1. The standard InChI is InChI=1S/C12H12ClNO6/c13-7-1-3-10(9(5-7)14(17)18)19-6-8-2-4-11(20-8)12(15)16/h1,3,5,8,11H,2,4,6H2,(H,15,16). The Hall–Kier alpha value is -1.86. The first-order chi connectivity index (χ1) is 9.47. The number of nitro groups is 1. The monoisotopic (exact) mass is 301 g/mol. The molecule has 0 aromatic heterocycles. The fourth-order valence-corrected chi connectivity index (χ4v) is 2.11. The second-order valence-corrected chi connectivity index (χ2v) is 4.78. The lowest BCUT2D eigenvalue weighted by molar-refractivity contribution is -0.385. The van der Waals surface area contributed by atoms with Gasteiger partial charge in [0.1, 0.15) is 6.61 Å². The van der Waals surface area contributed by atoms with Crippen LogP contribution < -0.4 is 4.74 Å². The van der Waals surface area contributed by atoms with E-state index < -0.39 is 17.0 Å². The number of halogens is 1. The summed E-state index contributed by atoms with van der Waals surface area (Å²) in [6, 6.07) is 4.09. The van der Waals surface area contributed by atoms with Gasteiger partial charge in [0.05, 0.1) is 11.0 Å². The van der Waals surface area contributed by atoms with Crippen molar-refractivity contribution in [2.75, 3.05) is 6.61 Å². The molecule has 0 amide bonds. The van der Waals surface area contributed by atoms with Gasteiger partial charge in [-0.05, 0) is 25.0 Å². The van der Waals surface area contributed by atoms with Crippen LogP contribution in [0.4, 0.5) is 5.69 Å². The normalized spacial score (nSPS) is 21.6. The molecule has 2 atom stereocenters. The zero-order valence-corrected chi connectivity index (χ0v) is 11.1. The highest BCUT2D eigenvalue weighted by molar-refractivity contribution is 6.30. The Morgan fingerprint density at radius 3 is 2.90 bits per heavy atom. The predicted molar refractivity (Wildman–Crippen MR) is 69.1 cm³/mol. The third-order valence-corrected chi connectivity index (χ3v) is 3.16. The van der Waals surface area contributed by atoms with Crippen LogP contribution in [0.25, 0.3) is 0 Å². The van der Waals surface area contributed by atoms with Crippen LogP contribution in [0.2, 0.25) is 5.02 Å². The largest absolute Gasteiger partial charge is 0.484 e. The fourth-order valence-electron chi connectivity index (χ4n) is 1.95. The number of carboxylic acid groups (broad SMARTS) is 1. The summed E-state index contributed by atoms with van der Waals surface area (Å²) < 4.78 is 10.6. The summed E-state index contributed by atoms with van der Waals surface area (Å²) in [7, 11) is 0. The lowest BCUT2D eigenvalue weighted by Gasteiger charge is -2.12. The molecule has 0 bridgehead atoms. The van der Waals surface area contributed by atoms with Gasteiger partial charge in [-0.15, -0.1) is 0 Å². The molecule has 0 spiro atoms. The third kappa shape index (κ3) is 3.37. The molecule has 1 saturated heterocycles. The Morgan fingerprint density at radius 1 is 1.55 bits per heavy atom. The van der Waals surface area contributed by atoms with Gasteiger partial charge in [0.2, 0.25) is 0 Å². The number of rotatable bonds is 5. The average molecular weight is 302 g/mol. The molecule has 1 aromatic rings. The van der Waals surface area contributed by atoms with E-state index >= 15 is 0 Å². The van der Waals surface area contributed by atoms with E-state index in [2.05, 4.69) is 0 Å². The summed E-state index contributed by atoms with van der Waals surface area (Å²) in [6.45, 7) is 0.0618. The first-order valence-electron chi connectivity index (χ1n) is 5.92. The Bertz CT molecular complexity index is 535. The summed E-state index contributed by atoms with van der Waals surface area (Å²) in [5.41, 5.74) is -0.231. The van der Waals surface area contributed by atoms with Gasteiger partial charge in [0.15, 0.2) is 11.9 Å². The molecule has 8 heteroatoms. The predicted octanol–water partition coefficient (Wildman–Crippen LogP) is 2.26. The zero-order valence-electron chi connectivity index (χ0n) is 10.3. The van der Waals surface area contributed by atoms with Crippen LogP contribution >= 0.6 is 11.6 Å². The number of hydrogen-bond donors (Lipinski definition) is 1. The van der Waals surface area contributed by atoms with Gasteiger partial charge < -0.3 is 14.6 Å². The van der Waals surface area contributed by atoms with Gasteiger partial charge in [-0.3, -0.25) is 10.1 Å². The molecule has 2 unspecified atom stereocenters. The van der Waals surface area contributed by atoms with Crippen LogP contribution in [0.5, 0.6) is 5.75 Å². The van der Waals surface area contributed by atoms with Crippen LogP contribution in [0.1, 0.15) is 12.8 Å². The second-order valence-electron chi connectivity index (χ2n) is 4.34. The third-order valence-electron chi connectivity index (χ3n) is 2.93. The molecule has 1 N–H and O–H groups in total. The first-order valence-corrected chi connectivity index (χ1v) is 6.30. The topological polar surface area (TPSA) is 98.9 Å². The van der Waals surface area contributed by atoms with E-state index in [4.69, 9.17) is 26.2 Å². The van der Waals surface area contributed by atoms with Crippen molar-refractivity contribution in [2.24, 2.45) is 0 Å². The minimum Gasteiger partial charge on any atom is -0.484 e. The number of nitrogens with zero attached hydrogens (tertiary/aromatic N) is 1. The molecule has 2 rings (SSSR count). The Morgan fingerprint density at radius 2 is 2.30 bits per heavy atom. The second kappa shape index (κ2) is 6.06. The number of hydrogen-bond acceptors (Lipinski definition) is 5. The van der Waals surface area contributed by atoms with E-state index in [1.807, 2.05) is 0 Å². The van der Waals surface area contributed by atoms with Gasteiger partial charge >= 0.3 is 11.7 Å². The maximum Gasteiger partial charge on any atom is 0.332 e. The number of benzene rings is 1. The smallest absolute Gasteiger partial charge is 0.332 e. The fraction of sp³-hybridized carbons (Fsp3) is 0.417. The van der Waals surface area contributed by atoms with Crippen molar-refractivity contribution in [3.05, 3.63) is 33.3 Å². The van der Waals surface area contributed by atoms with Crippen LogP contribution in [0, 0.1) is 10.1 Å². The maximum absolute atomic E-state index is 10.9. The minimum atomic E-state index is -1.01. The molecule has 1 aliphatic rings. The van der Waals surface area contributed by atoms with Gasteiger partial charge in [-0.2, -0.15) is 0 Å². The van der Waals surface area contributed by atoms with Gasteiger partial charge in [0, 0.05) is 11.1 Å². The Kier molecular flexibility index (Phi) is 4.41. The van der Waals surface area contributed by atoms with Crippen LogP contribution in [0.3, 0.4) is 0 Å². The summed E-state index contributed by atoms with van der Waals surface area (Å²) in [4.78, 5) is 21.0. The molecule has 1 fully saturated rings. The average Bonchev–Trinajstić information content (AvgIpc) is 2.86. The SMILES string of the molecule is O=C(O)C1CCC(COc2ccc(Cl)cc2[N+](=O)[O-])O1. The molecule has 0 saturated carbocycles. The highest BCUT2D eigenvalue weighted by Crippen LogP contribution is 2.30. The highest BCUT2D eigenvalue weighted by Gasteiger charge is 2.31. The van der Waals surface area contributed by atoms with Crippen LogP contribution in [0.15, 0.2) is 18.2 Å². The highest BCUT2D eigenvalue weighted by atomic mass is 35.5. The van der Waals surface area contributed by atoms with E-state index in [0.29, 0.717) is 12.8 Å². The van der Waals surface area contributed by atoms with Gasteiger partial charge in [-0.1, -0.05) is 11.6 Å². The van der Waals surface area contributed by atoms with Crippen molar-refractivity contribution < 1.29 is 24.3 Å². The first kappa shape index (κ1) is 14.5. The molecule has 0 aliphatic carbocycles. The van der Waals surface area contributed by atoms with Crippen LogP contribution in [-0.4, -0.2) is 34.8 Å². The molecule has 0 radical (unpaired) electrons. The van der Waals surface area contributed by atoms with Crippen molar-refractivity contribution >= 4 is 23.3 Å². The summed E-state index contributed by atoms with van der Waals surface area (Å²) in [5.74, 6) is -0.924. The lowest BCUT2D eigenvalue weighted by atomic mass is 10.2. The van der Waals surface area contributed by atoms with E-state index in [1.165, 1.54) is 18.2 Å². The number of nitro benzene ring substituents is 1. The van der Waals surface area contributed by atoms with E-state index in [1.54, 1.807) is 0 Å². The van der Waals surface area contributed by atoms with Gasteiger partial charge in [0.25, 0.3) is 0 Å². The number of ether oxygens (including phenoxy) is 2. The van der Waals surface area contributed by atoms with Crippen molar-refractivity contribution in [1.29, 1.82) is 0 Å². The molecule has 108 valence electrons. The van der Waals surface area contributed by atoms with E-state index in [-0.39, 0.29) is 29.2 Å². The molecule has 1 aliphatic heterocycles. The maximum atomic E-state index is 10.9. The zero-order chi connectivity index (χ0) is 14.7. The minimum absolute atomic E-state index is 0.0618. The van der Waals surface area contributed by atoms with E-state index in [0.717, 1.165) is 0 Å². The number of carboxylic acids is 1. The molecular weight excluding hydrogens is 290 g/mol. The molecule has 20 heavy (non-hydrogen) atoms. The summed E-state index contributed by atoms with van der Waals surface area (Å²) in [6.07, 6.45) is -0.264. The Balaban J connectivity index is 1.98.